The van der Waals surface area contributed by atoms with Crippen molar-refractivity contribution in [2.45, 2.75) is 0 Å². The van der Waals surface area contributed by atoms with Crippen LogP contribution in [0.3, 0.4) is 0 Å². The van der Waals surface area contributed by atoms with Crippen LogP contribution in [-0.4, -0.2) is 7.85 Å². The second-order valence-corrected chi connectivity index (χ2v) is 9.15. The Bertz CT molecular complexity index is 1860. The smallest absolute Gasteiger partial charge is 0.0890 e. The predicted molar refractivity (Wildman–Crippen MR) is 153 cm³/mol. The molecule has 0 spiro atoms. The third kappa shape index (κ3) is 3.09. The first-order chi connectivity index (χ1) is 17.3. The number of rotatable bonds is 2. The zero-order valence-corrected chi connectivity index (χ0v) is 19.2. The molecule has 7 rings (SSSR count). The highest BCUT2D eigenvalue weighted by Crippen LogP contribution is 2.45. The molecule has 0 fully saturated rings. The lowest BCUT2D eigenvalue weighted by atomic mass is 9.83. The van der Waals surface area contributed by atoms with E-state index in [2.05, 4.69) is 121 Å². The molecule has 160 valence electrons. The Morgan fingerprint density at radius 1 is 0.371 bits per heavy atom. The average molecular weight is 440 g/mol. The number of hydrogen-bond acceptors (Lipinski definition) is 0. The Hall–Kier alpha value is -4.36. The van der Waals surface area contributed by atoms with Gasteiger partial charge < -0.3 is 0 Å². The molecule has 7 aromatic carbocycles. The summed E-state index contributed by atoms with van der Waals surface area (Å²) in [5.41, 5.74) is 5.81. The van der Waals surface area contributed by atoms with Crippen molar-refractivity contribution in [3.05, 3.63) is 127 Å². The molecule has 0 saturated heterocycles. The van der Waals surface area contributed by atoms with E-state index in [1.807, 2.05) is 6.07 Å². The van der Waals surface area contributed by atoms with Crippen molar-refractivity contribution >= 4 is 56.4 Å². The molecule has 0 aliphatic heterocycles. The highest BCUT2D eigenvalue weighted by molar-refractivity contribution is 6.39. The van der Waals surface area contributed by atoms with Gasteiger partial charge in [0.2, 0.25) is 0 Å². The van der Waals surface area contributed by atoms with Crippen molar-refractivity contribution in [3.63, 3.8) is 0 Å². The molecule has 2 radical (unpaired) electrons. The molecule has 1 heteroatoms. The van der Waals surface area contributed by atoms with Crippen molar-refractivity contribution in [1.82, 2.24) is 0 Å². The van der Waals surface area contributed by atoms with Crippen LogP contribution in [0.5, 0.6) is 0 Å². The zero-order chi connectivity index (χ0) is 23.4. The second kappa shape index (κ2) is 7.86. The molecule has 0 nitrogen and oxygen atoms in total. The summed E-state index contributed by atoms with van der Waals surface area (Å²) in [6.07, 6.45) is 0. The summed E-state index contributed by atoms with van der Waals surface area (Å²) in [4.78, 5) is 0. The Morgan fingerprint density at radius 3 is 1.63 bits per heavy atom. The Morgan fingerprint density at radius 2 is 0.914 bits per heavy atom. The summed E-state index contributed by atoms with van der Waals surface area (Å²) in [5, 5.41) is 9.82. The van der Waals surface area contributed by atoms with Crippen LogP contribution in [0, 0.1) is 0 Å². The van der Waals surface area contributed by atoms with E-state index in [9.17, 15) is 0 Å². The van der Waals surface area contributed by atoms with Crippen LogP contribution in [0.4, 0.5) is 0 Å². The van der Waals surface area contributed by atoms with Crippen molar-refractivity contribution in [3.8, 4) is 22.3 Å². The van der Waals surface area contributed by atoms with Gasteiger partial charge >= 0.3 is 0 Å². The molecule has 0 unspecified atom stereocenters. The first-order valence-electron chi connectivity index (χ1n) is 12.0. The van der Waals surface area contributed by atoms with Gasteiger partial charge in [-0.2, -0.15) is 0 Å². The lowest BCUT2D eigenvalue weighted by molar-refractivity contribution is 1.68. The molecule has 0 aliphatic rings. The summed E-state index contributed by atoms with van der Waals surface area (Å²) in [6, 6.07) is 45.7. The van der Waals surface area contributed by atoms with Crippen molar-refractivity contribution in [1.29, 1.82) is 0 Å². The van der Waals surface area contributed by atoms with Crippen LogP contribution >= 0.6 is 0 Å². The van der Waals surface area contributed by atoms with Gasteiger partial charge in [0, 0.05) is 0 Å². The van der Waals surface area contributed by atoms with Crippen LogP contribution in [-0.2, 0) is 0 Å². The van der Waals surface area contributed by atoms with Gasteiger partial charge in [-0.1, -0.05) is 127 Å². The molecule has 0 aromatic heterocycles. The van der Waals surface area contributed by atoms with Gasteiger partial charge in [-0.25, -0.2) is 0 Å². The Balaban J connectivity index is 1.65. The Labute approximate surface area is 205 Å². The maximum atomic E-state index is 6.37. The minimum Gasteiger partial charge on any atom is -0.0890 e. The lowest BCUT2D eigenvalue weighted by Gasteiger charge is -2.19. The van der Waals surface area contributed by atoms with Crippen LogP contribution in [0.15, 0.2) is 127 Å². The van der Waals surface area contributed by atoms with E-state index in [0.29, 0.717) is 0 Å². The fourth-order valence-corrected chi connectivity index (χ4v) is 5.63. The van der Waals surface area contributed by atoms with Crippen LogP contribution < -0.4 is 5.46 Å². The summed E-state index contributed by atoms with van der Waals surface area (Å²) < 4.78 is 0. The van der Waals surface area contributed by atoms with E-state index in [-0.39, 0.29) is 0 Å². The summed E-state index contributed by atoms with van der Waals surface area (Å²) in [5.74, 6) is 0. The minimum atomic E-state index is 0.811. The van der Waals surface area contributed by atoms with E-state index in [4.69, 9.17) is 7.85 Å². The van der Waals surface area contributed by atoms with Gasteiger partial charge in [-0.15, -0.1) is 0 Å². The number of hydrogen-bond donors (Lipinski definition) is 0. The predicted octanol–water partition coefficient (Wildman–Crippen LogP) is 8.43. The van der Waals surface area contributed by atoms with Gasteiger partial charge in [0.25, 0.3) is 0 Å². The monoisotopic (exact) mass is 440 g/mol. The van der Waals surface area contributed by atoms with Crippen molar-refractivity contribution in [2.24, 2.45) is 0 Å². The summed E-state index contributed by atoms with van der Waals surface area (Å²) >= 11 is 0. The number of fused-ring (bicyclic) bond motifs is 4. The van der Waals surface area contributed by atoms with Crippen LogP contribution in [0.1, 0.15) is 0 Å². The molecule has 0 atom stereocenters. The molecule has 7 aromatic rings. The Kier molecular flexibility index (Phi) is 4.50. The third-order valence-corrected chi connectivity index (χ3v) is 7.19. The molecule has 0 N–H and O–H groups in total. The van der Waals surface area contributed by atoms with Gasteiger partial charge in [-0.05, 0) is 71.4 Å². The molecular formula is C34H21B. The van der Waals surface area contributed by atoms with Gasteiger partial charge in [-0.3, -0.25) is 0 Å². The van der Waals surface area contributed by atoms with Gasteiger partial charge in [0.1, 0.15) is 7.85 Å². The topological polar surface area (TPSA) is 0 Å². The standard InChI is InChI=1S/C34H21B/c35-32-18-8-15-25-26(32)16-7-17-27(25)34-30-13-5-3-11-28(30)33(29-12-4-6-14-31(29)34)24-20-19-22-9-1-2-10-23(22)21-24/h1-21H. The normalized spacial score (nSPS) is 11.5. The van der Waals surface area contributed by atoms with E-state index >= 15 is 0 Å². The van der Waals surface area contributed by atoms with Crippen LogP contribution in [0.25, 0.3) is 65.3 Å². The third-order valence-electron chi connectivity index (χ3n) is 7.19. The summed E-state index contributed by atoms with van der Waals surface area (Å²) in [7, 11) is 6.37. The molecule has 0 heterocycles. The van der Waals surface area contributed by atoms with E-state index in [1.54, 1.807) is 0 Å². The maximum Gasteiger partial charge on any atom is 0.114 e. The molecular weight excluding hydrogens is 419 g/mol. The molecule has 0 bridgehead atoms. The van der Waals surface area contributed by atoms with E-state index in [0.717, 1.165) is 10.8 Å². The quantitative estimate of drug-likeness (QED) is 0.187. The van der Waals surface area contributed by atoms with Crippen molar-refractivity contribution < 1.29 is 0 Å². The summed E-state index contributed by atoms with van der Waals surface area (Å²) in [6.45, 7) is 0. The molecule has 0 aliphatic carbocycles. The number of benzene rings is 7. The largest absolute Gasteiger partial charge is 0.114 e. The fourth-order valence-electron chi connectivity index (χ4n) is 5.63. The molecule has 0 saturated carbocycles. The van der Waals surface area contributed by atoms with Crippen molar-refractivity contribution in [2.75, 3.05) is 0 Å². The SMILES string of the molecule is [B]c1cccc2c(-c3c4ccccc4c(-c4ccc5ccccc5c4)c4ccccc34)cccc12. The van der Waals surface area contributed by atoms with E-state index in [1.165, 1.54) is 60.0 Å². The average Bonchev–Trinajstić information content (AvgIpc) is 2.91. The van der Waals surface area contributed by atoms with Crippen LogP contribution in [0.2, 0.25) is 0 Å². The zero-order valence-electron chi connectivity index (χ0n) is 19.2. The molecule has 0 amide bonds. The highest BCUT2D eigenvalue weighted by atomic mass is 14.2. The first-order valence-corrected chi connectivity index (χ1v) is 12.0. The maximum absolute atomic E-state index is 6.37. The van der Waals surface area contributed by atoms with Gasteiger partial charge in [0.15, 0.2) is 0 Å². The highest BCUT2D eigenvalue weighted by Gasteiger charge is 2.18. The fraction of sp³-hybridized carbons (Fsp3) is 0. The molecule has 35 heavy (non-hydrogen) atoms. The lowest BCUT2D eigenvalue weighted by Crippen LogP contribution is -2.03. The van der Waals surface area contributed by atoms with Gasteiger partial charge in [0.05, 0.1) is 0 Å². The minimum absolute atomic E-state index is 0.811. The van der Waals surface area contributed by atoms with E-state index < -0.39 is 0 Å². The second-order valence-electron chi connectivity index (χ2n) is 9.15. The first kappa shape index (κ1) is 20.1.